The summed E-state index contributed by atoms with van der Waals surface area (Å²) in [4.78, 5) is 26.6. The molecule has 2 fully saturated rings. The van der Waals surface area contributed by atoms with Crippen molar-refractivity contribution >= 4 is 54.5 Å². The minimum atomic E-state index is -3.45. The van der Waals surface area contributed by atoms with Gasteiger partial charge in [0.25, 0.3) is 11.1 Å². The van der Waals surface area contributed by atoms with Gasteiger partial charge in [-0.05, 0) is 48.4 Å². The Hall–Kier alpha value is -1.85. The summed E-state index contributed by atoms with van der Waals surface area (Å²) in [5.41, 5.74) is 1.00. The van der Waals surface area contributed by atoms with Gasteiger partial charge < -0.3 is 0 Å². The van der Waals surface area contributed by atoms with Crippen LogP contribution in [0.3, 0.4) is 0 Å². The average Bonchev–Trinajstić information content (AvgIpc) is 2.89. The molecule has 0 radical (unpaired) electrons. The third kappa shape index (κ3) is 5.06. The van der Waals surface area contributed by atoms with Crippen LogP contribution in [0.2, 0.25) is 0 Å². The molecule has 0 spiro atoms. The summed E-state index contributed by atoms with van der Waals surface area (Å²) in [5.74, 6) is -0.503. The van der Waals surface area contributed by atoms with E-state index in [2.05, 4.69) is 4.72 Å². The second-order valence-corrected chi connectivity index (χ2v) is 12.9. The number of carbonyl (C=O) groups excluding carboxylic acids is 2. The van der Waals surface area contributed by atoms with E-state index in [-0.39, 0.29) is 11.4 Å². The minimum absolute atomic E-state index is 0.120. The predicted octanol–water partition coefficient (Wildman–Crippen LogP) is 2.84. The maximum Gasteiger partial charge on any atom is 0.293 e. The van der Waals surface area contributed by atoms with Crippen molar-refractivity contribution in [2.75, 3.05) is 23.8 Å². The number of rotatable bonds is 6. The number of nitrogens with one attached hydrogen (secondary N) is 1. The lowest BCUT2D eigenvalue weighted by Gasteiger charge is -2.37. The molecule has 1 aromatic carbocycles. The van der Waals surface area contributed by atoms with Crippen LogP contribution in [0.15, 0.2) is 29.2 Å². The second-order valence-electron chi connectivity index (χ2n) is 7.78. The Labute approximate surface area is 181 Å². The Morgan fingerprint density at radius 2 is 1.63 bits per heavy atom. The number of nitrogens with zero attached hydrogens (tertiary/aromatic N) is 1. The van der Waals surface area contributed by atoms with Gasteiger partial charge in [0.15, 0.2) is 9.84 Å². The summed E-state index contributed by atoms with van der Waals surface area (Å²) in [6.07, 6.45) is 7.13. The number of anilines is 1. The molecular formula is C19H24N2O6S3. The van der Waals surface area contributed by atoms with Crippen molar-refractivity contribution in [3.8, 4) is 0 Å². The van der Waals surface area contributed by atoms with Gasteiger partial charge in [-0.15, -0.1) is 0 Å². The monoisotopic (exact) mass is 472 g/mol. The Morgan fingerprint density at radius 1 is 1.03 bits per heavy atom. The molecule has 1 aliphatic carbocycles. The molecule has 1 saturated heterocycles. The molecule has 2 aliphatic rings. The fraction of sp³-hybridized carbons (Fsp3) is 0.474. The highest BCUT2D eigenvalue weighted by molar-refractivity contribution is 8.18. The van der Waals surface area contributed by atoms with Gasteiger partial charge in [-0.25, -0.2) is 16.8 Å². The van der Waals surface area contributed by atoms with Gasteiger partial charge in [-0.3, -0.25) is 19.2 Å². The van der Waals surface area contributed by atoms with E-state index in [9.17, 15) is 26.4 Å². The third-order valence-corrected chi connectivity index (χ3v) is 9.01. The van der Waals surface area contributed by atoms with Crippen molar-refractivity contribution in [3.63, 3.8) is 0 Å². The number of thioether (sulfide) groups is 1. The molecule has 164 valence electrons. The van der Waals surface area contributed by atoms with Crippen molar-refractivity contribution in [3.05, 3.63) is 34.7 Å². The van der Waals surface area contributed by atoms with Gasteiger partial charge in [0, 0.05) is 18.5 Å². The summed E-state index contributed by atoms with van der Waals surface area (Å²) in [6.45, 7) is -0.120. The number of hydrogen-bond donors (Lipinski definition) is 1. The number of carbonyl (C=O) groups is 2. The SMILES string of the molecule is CS(=O)(=O)Nc1ccc(C=C2SC(=O)N(CC3(S(C)(=O)=O)CCCCC3)C2=O)cc1. The molecule has 11 heteroatoms. The quantitative estimate of drug-likeness (QED) is 0.633. The molecule has 1 N–H and O–H groups in total. The van der Waals surface area contributed by atoms with Crippen LogP contribution in [-0.2, 0) is 24.7 Å². The first-order valence-electron chi connectivity index (χ1n) is 9.43. The summed E-state index contributed by atoms with van der Waals surface area (Å²) in [7, 11) is -6.84. The standard InChI is InChI=1S/C19H24N2O6S3/c1-29(24,25)19(10-4-3-5-11-19)13-21-17(22)16(28-18(21)23)12-14-6-8-15(9-7-14)20-30(2,26)27/h6-9,12,20H,3-5,10-11,13H2,1-2H3. The highest BCUT2D eigenvalue weighted by Crippen LogP contribution is 2.40. The normalized spacial score (nSPS) is 21.3. The molecule has 0 aromatic heterocycles. The molecule has 1 heterocycles. The topological polar surface area (TPSA) is 118 Å². The van der Waals surface area contributed by atoms with Gasteiger partial charge >= 0.3 is 0 Å². The van der Waals surface area contributed by atoms with Gasteiger partial charge in [0.1, 0.15) is 0 Å². The molecule has 1 saturated carbocycles. The second kappa shape index (κ2) is 8.35. The maximum atomic E-state index is 12.8. The van der Waals surface area contributed by atoms with E-state index in [4.69, 9.17) is 0 Å². The number of imide groups is 1. The molecule has 30 heavy (non-hydrogen) atoms. The minimum Gasteiger partial charge on any atom is -0.284 e. The number of sulfonamides is 1. The number of sulfone groups is 1. The third-order valence-electron chi connectivity index (χ3n) is 5.38. The molecule has 8 nitrogen and oxygen atoms in total. The van der Waals surface area contributed by atoms with E-state index in [1.807, 2.05) is 0 Å². The average molecular weight is 473 g/mol. The Bertz CT molecular complexity index is 1090. The highest BCUT2D eigenvalue weighted by Gasteiger charge is 2.47. The number of hydrogen-bond acceptors (Lipinski definition) is 7. The van der Waals surface area contributed by atoms with Crippen molar-refractivity contribution in [2.45, 2.75) is 36.9 Å². The van der Waals surface area contributed by atoms with Crippen LogP contribution >= 0.6 is 11.8 Å². The Morgan fingerprint density at radius 3 is 2.17 bits per heavy atom. The van der Waals surface area contributed by atoms with Crippen LogP contribution in [0.4, 0.5) is 10.5 Å². The molecule has 0 bridgehead atoms. The molecule has 3 rings (SSSR count). The van der Waals surface area contributed by atoms with Crippen LogP contribution in [-0.4, -0.2) is 56.7 Å². The van der Waals surface area contributed by atoms with Crippen LogP contribution in [0.5, 0.6) is 0 Å². The van der Waals surface area contributed by atoms with E-state index in [0.29, 0.717) is 24.1 Å². The lowest BCUT2D eigenvalue weighted by atomic mass is 9.88. The van der Waals surface area contributed by atoms with Crippen LogP contribution in [0.1, 0.15) is 37.7 Å². The highest BCUT2D eigenvalue weighted by atomic mass is 32.2. The molecule has 2 amide bonds. The molecular weight excluding hydrogens is 448 g/mol. The fourth-order valence-corrected chi connectivity index (χ4v) is 6.58. The smallest absolute Gasteiger partial charge is 0.284 e. The summed E-state index contributed by atoms with van der Waals surface area (Å²) in [5, 5.41) is -0.477. The van der Waals surface area contributed by atoms with Crippen molar-refractivity contribution in [1.82, 2.24) is 4.90 Å². The first-order chi connectivity index (χ1) is 13.9. The fourth-order valence-electron chi connectivity index (χ4n) is 3.78. The van der Waals surface area contributed by atoms with Crippen molar-refractivity contribution in [1.29, 1.82) is 0 Å². The van der Waals surface area contributed by atoms with Gasteiger partial charge in [0.05, 0.1) is 15.9 Å². The molecule has 1 aromatic rings. The number of benzene rings is 1. The van der Waals surface area contributed by atoms with Crippen molar-refractivity contribution < 1.29 is 26.4 Å². The van der Waals surface area contributed by atoms with E-state index < -0.39 is 35.8 Å². The van der Waals surface area contributed by atoms with Crippen LogP contribution in [0.25, 0.3) is 6.08 Å². The lowest BCUT2D eigenvalue weighted by molar-refractivity contribution is -0.123. The van der Waals surface area contributed by atoms with E-state index in [1.165, 1.54) is 6.26 Å². The van der Waals surface area contributed by atoms with Crippen LogP contribution < -0.4 is 4.72 Å². The van der Waals surface area contributed by atoms with E-state index in [0.717, 1.165) is 42.2 Å². The number of amides is 2. The van der Waals surface area contributed by atoms with Gasteiger partial charge in [-0.2, -0.15) is 0 Å². The molecule has 0 atom stereocenters. The first kappa shape index (κ1) is 22.8. The predicted molar refractivity (Wildman–Crippen MR) is 118 cm³/mol. The molecule has 0 unspecified atom stereocenters. The summed E-state index contributed by atoms with van der Waals surface area (Å²) < 4.78 is 48.8. The largest absolute Gasteiger partial charge is 0.293 e. The molecule has 1 aliphatic heterocycles. The van der Waals surface area contributed by atoms with E-state index in [1.54, 1.807) is 30.3 Å². The summed E-state index contributed by atoms with van der Waals surface area (Å²) in [6, 6.07) is 6.36. The van der Waals surface area contributed by atoms with Gasteiger partial charge in [0.2, 0.25) is 10.0 Å². The van der Waals surface area contributed by atoms with Crippen LogP contribution in [0, 0.1) is 0 Å². The first-order valence-corrected chi connectivity index (χ1v) is 14.0. The zero-order chi connectivity index (χ0) is 22.2. The zero-order valence-electron chi connectivity index (χ0n) is 16.8. The van der Waals surface area contributed by atoms with Gasteiger partial charge in [-0.1, -0.05) is 31.4 Å². The van der Waals surface area contributed by atoms with Crippen molar-refractivity contribution in [2.24, 2.45) is 0 Å². The maximum absolute atomic E-state index is 12.8. The summed E-state index contributed by atoms with van der Waals surface area (Å²) >= 11 is 0.781. The Balaban J connectivity index is 1.80. The van der Waals surface area contributed by atoms with E-state index >= 15 is 0 Å². The zero-order valence-corrected chi connectivity index (χ0v) is 19.2. The Kier molecular flexibility index (Phi) is 6.35. The lowest BCUT2D eigenvalue weighted by Crippen LogP contribution is -2.50.